The maximum atomic E-state index is 11.6. The summed E-state index contributed by atoms with van der Waals surface area (Å²) in [4.78, 5) is 12.3. The molecule has 1 N–H and O–H groups in total. The molecule has 1 fully saturated rings. The van der Waals surface area contributed by atoms with Crippen molar-refractivity contribution < 1.29 is 9.21 Å². The highest BCUT2D eigenvalue weighted by Gasteiger charge is 2.20. The van der Waals surface area contributed by atoms with E-state index in [-0.39, 0.29) is 5.91 Å². The second kappa shape index (κ2) is 5.53. The zero-order valence-electron chi connectivity index (χ0n) is 9.12. The van der Waals surface area contributed by atoms with Gasteiger partial charge in [0.2, 0.25) is 0 Å². The number of alkyl halides is 1. The molecule has 1 amide bonds. The Balaban J connectivity index is 1.73. The Labute approximate surface area is 104 Å². The molecule has 1 aromatic heterocycles. The maximum absolute atomic E-state index is 11.6. The number of carbonyl (C=O) groups excluding carboxylic acids is 1. The highest BCUT2D eigenvalue weighted by molar-refractivity contribution is 9.09. The van der Waals surface area contributed by atoms with E-state index in [4.69, 9.17) is 4.42 Å². The second-order valence-electron chi connectivity index (χ2n) is 4.31. The molecule has 2 rings (SSSR count). The molecule has 1 heterocycles. The maximum Gasteiger partial charge on any atom is 0.286 e. The summed E-state index contributed by atoms with van der Waals surface area (Å²) in [5.74, 6) is 0.910. The summed E-state index contributed by atoms with van der Waals surface area (Å²) in [5.41, 5.74) is 0. The monoisotopic (exact) mass is 285 g/mol. The first-order valence-electron chi connectivity index (χ1n) is 5.71. The van der Waals surface area contributed by atoms with Gasteiger partial charge < -0.3 is 9.73 Å². The molecule has 0 unspecified atom stereocenters. The number of hydrogen-bond donors (Lipinski definition) is 1. The van der Waals surface area contributed by atoms with Gasteiger partial charge in [0.15, 0.2) is 5.76 Å². The summed E-state index contributed by atoms with van der Waals surface area (Å²) < 4.78 is 5.03. The minimum atomic E-state index is -0.106. The summed E-state index contributed by atoms with van der Waals surface area (Å²) in [7, 11) is 0. The molecule has 0 radical (unpaired) electrons. The van der Waals surface area contributed by atoms with Crippen LogP contribution in [0.2, 0.25) is 0 Å². The van der Waals surface area contributed by atoms with Crippen molar-refractivity contribution in [3.05, 3.63) is 24.2 Å². The predicted octanol–water partition coefficient (Wildman–Crippen LogP) is 2.96. The smallest absolute Gasteiger partial charge is 0.286 e. The minimum Gasteiger partial charge on any atom is -0.459 e. The van der Waals surface area contributed by atoms with Crippen molar-refractivity contribution in [2.24, 2.45) is 5.92 Å². The summed E-state index contributed by atoms with van der Waals surface area (Å²) in [6.07, 6.45) is 6.32. The summed E-state index contributed by atoms with van der Waals surface area (Å²) in [5, 5.41) is 2.92. The van der Waals surface area contributed by atoms with Crippen LogP contribution in [0.4, 0.5) is 0 Å². The van der Waals surface area contributed by atoms with Gasteiger partial charge in [0.05, 0.1) is 6.26 Å². The third-order valence-electron chi connectivity index (χ3n) is 3.07. The van der Waals surface area contributed by atoms with Gasteiger partial charge in [-0.3, -0.25) is 4.79 Å². The van der Waals surface area contributed by atoms with Gasteiger partial charge in [-0.25, -0.2) is 0 Å². The molecule has 3 nitrogen and oxygen atoms in total. The summed E-state index contributed by atoms with van der Waals surface area (Å²) >= 11 is 3.62. The highest BCUT2D eigenvalue weighted by atomic mass is 79.9. The Morgan fingerprint density at radius 3 is 2.81 bits per heavy atom. The van der Waals surface area contributed by atoms with Gasteiger partial charge in [-0.15, -0.1) is 0 Å². The van der Waals surface area contributed by atoms with E-state index >= 15 is 0 Å². The Hall–Kier alpha value is -0.770. The lowest BCUT2D eigenvalue weighted by atomic mass is 9.89. The van der Waals surface area contributed by atoms with Crippen LogP contribution >= 0.6 is 15.9 Å². The van der Waals surface area contributed by atoms with Crippen molar-refractivity contribution in [2.75, 3.05) is 6.54 Å². The number of halogens is 1. The van der Waals surface area contributed by atoms with E-state index < -0.39 is 0 Å². The molecule has 1 aromatic rings. The topological polar surface area (TPSA) is 42.2 Å². The van der Waals surface area contributed by atoms with Crippen molar-refractivity contribution >= 4 is 21.8 Å². The molecule has 0 saturated heterocycles. The fourth-order valence-electron chi connectivity index (χ4n) is 2.06. The van der Waals surface area contributed by atoms with Crippen molar-refractivity contribution in [1.29, 1.82) is 0 Å². The van der Waals surface area contributed by atoms with Crippen molar-refractivity contribution in [3.8, 4) is 0 Å². The molecular weight excluding hydrogens is 270 g/mol. The fourth-order valence-corrected chi connectivity index (χ4v) is 2.59. The standard InChI is InChI=1S/C12H16BrNO2/c13-10-5-3-9(4-6-10)8-14-12(15)11-2-1-7-16-11/h1-2,7,9-10H,3-6,8H2,(H,14,15). The minimum absolute atomic E-state index is 0.106. The predicted molar refractivity (Wildman–Crippen MR) is 65.7 cm³/mol. The molecule has 4 heteroatoms. The number of furan rings is 1. The third-order valence-corrected chi connectivity index (χ3v) is 3.99. The molecule has 0 aliphatic heterocycles. The van der Waals surface area contributed by atoms with Crippen molar-refractivity contribution in [3.63, 3.8) is 0 Å². The summed E-state index contributed by atoms with van der Waals surface area (Å²) in [6.45, 7) is 0.763. The molecule has 1 saturated carbocycles. The Morgan fingerprint density at radius 2 is 2.19 bits per heavy atom. The number of nitrogens with one attached hydrogen (secondary N) is 1. The van der Waals surface area contributed by atoms with Crippen molar-refractivity contribution in [2.45, 2.75) is 30.5 Å². The van der Waals surface area contributed by atoms with Crippen LogP contribution in [0.15, 0.2) is 22.8 Å². The quantitative estimate of drug-likeness (QED) is 0.868. The normalized spacial score (nSPS) is 25.3. The van der Waals surface area contributed by atoms with E-state index in [1.54, 1.807) is 12.1 Å². The van der Waals surface area contributed by atoms with E-state index in [0.29, 0.717) is 16.5 Å². The molecule has 0 spiro atoms. The first kappa shape index (κ1) is 11.7. The van der Waals surface area contributed by atoms with Crippen LogP contribution in [0, 0.1) is 5.92 Å². The van der Waals surface area contributed by atoms with Gasteiger partial charge in [-0.2, -0.15) is 0 Å². The van der Waals surface area contributed by atoms with Crippen LogP contribution in [0.3, 0.4) is 0 Å². The number of hydrogen-bond acceptors (Lipinski definition) is 2. The van der Waals surface area contributed by atoms with E-state index in [0.717, 1.165) is 6.54 Å². The average Bonchev–Trinajstić information content (AvgIpc) is 2.81. The van der Waals surface area contributed by atoms with Crippen LogP contribution < -0.4 is 5.32 Å². The SMILES string of the molecule is O=C(NCC1CCC(Br)CC1)c1ccco1. The van der Waals surface area contributed by atoms with E-state index in [1.807, 2.05) is 0 Å². The second-order valence-corrected chi connectivity index (χ2v) is 5.60. The van der Waals surface area contributed by atoms with Crippen LogP contribution in [-0.4, -0.2) is 17.3 Å². The fraction of sp³-hybridized carbons (Fsp3) is 0.583. The Morgan fingerprint density at radius 1 is 1.44 bits per heavy atom. The lowest BCUT2D eigenvalue weighted by Crippen LogP contribution is -2.31. The van der Waals surface area contributed by atoms with E-state index in [1.165, 1.54) is 31.9 Å². The number of carbonyl (C=O) groups is 1. The van der Waals surface area contributed by atoms with Crippen LogP contribution in [-0.2, 0) is 0 Å². The average molecular weight is 286 g/mol. The number of amides is 1. The molecule has 0 aromatic carbocycles. The van der Waals surface area contributed by atoms with Gasteiger partial charge in [-0.1, -0.05) is 15.9 Å². The number of rotatable bonds is 3. The van der Waals surface area contributed by atoms with E-state index in [2.05, 4.69) is 21.2 Å². The third kappa shape index (κ3) is 3.11. The first-order chi connectivity index (χ1) is 7.75. The zero-order chi connectivity index (χ0) is 11.4. The Bertz CT molecular complexity index is 329. The summed E-state index contributed by atoms with van der Waals surface area (Å²) in [6, 6.07) is 3.41. The van der Waals surface area contributed by atoms with Gasteiger partial charge in [0.25, 0.3) is 5.91 Å². The van der Waals surface area contributed by atoms with Gasteiger partial charge >= 0.3 is 0 Å². The molecule has 16 heavy (non-hydrogen) atoms. The lowest BCUT2D eigenvalue weighted by molar-refractivity contribution is 0.0916. The Kier molecular flexibility index (Phi) is 4.04. The lowest BCUT2D eigenvalue weighted by Gasteiger charge is -2.25. The van der Waals surface area contributed by atoms with Crippen LogP contribution in [0.5, 0.6) is 0 Å². The first-order valence-corrected chi connectivity index (χ1v) is 6.63. The molecule has 1 aliphatic rings. The van der Waals surface area contributed by atoms with Gasteiger partial charge in [0, 0.05) is 11.4 Å². The molecule has 1 aliphatic carbocycles. The largest absolute Gasteiger partial charge is 0.459 e. The van der Waals surface area contributed by atoms with Crippen LogP contribution in [0.1, 0.15) is 36.2 Å². The molecular formula is C12H16BrNO2. The van der Waals surface area contributed by atoms with E-state index in [9.17, 15) is 4.79 Å². The van der Waals surface area contributed by atoms with Crippen molar-refractivity contribution in [1.82, 2.24) is 5.32 Å². The molecule has 88 valence electrons. The molecule has 0 bridgehead atoms. The highest BCUT2D eigenvalue weighted by Crippen LogP contribution is 2.28. The zero-order valence-corrected chi connectivity index (χ0v) is 10.7. The van der Waals surface area contributed by atoms with Crippen LogP contribution in [0.25, 0.3) is 0 Å². The van der Waals surface area contributed by atoms with Gasteiger partial charge in [0.1, 0.15) is 0 Å². The van der Waals surface area contributed by atoms with Gasteiger partial charge in [-0.05, 0) is 43.7 Å². The molecule has 0 atom stereocenters.